The van der Waals surface area contributed by atoms with Gasteiger partial charge in [-0.15, -0.1) is 0 Å². The maximum atomic E-state index is 12.3. The lowest BCUT2D eigenvalue weighted by atomic mass is 10.1. The van der Waals surface area contributed by atoms with E-state index in [2.05, 4.69) is 34.4 Å². The quantitative estimate of drug-likeness (QED) is 0.698. The van der Waals surface area contributed by atoms with Crippen LogP contribution in [-0.4, -0.2) is 23.0 Å². The molecular weight excluding hydrogens is 340 g/mol. The minimum absolute atomic E-state index is 0.260. The van der Waals surface area contributed by atoms with E-state index in [1.54, 1.807) is 13.3 Å². The van der Waals surface area contributed by atoms with Crippen LogP contribution >= 0.6 is 0 Å². The van der Waals surface area contributed by atoms with Crippen LogP contribution in [0.3, 0.4) is 0 Å². The Balaban J connectivity index is 1.62. The number of anilines is 2. The van der Waals surface area contributed by atoms with E-state index in [-0.39, 0.29) is 11.6 Å². The smallest absolute Gasteiger partial charge is 0.271 e. The summed E-state index contributed by atoms with van der Waals surface area (Å²) in [6.45, 7) is 4.48. The van der Waals surface area contributed by atoms with Crippen LogP contribution in [0.4, 0.5) is 11.5 Å². The van der Waals surface area contributed by atoms with Crippen LogP contribution in [0, 0.1) is 13.8 Å². The lowest BCUT2D eigenvalue weighted by molar-refractivity contribution is 0.0945. The third-order valence-electron chi connectivity index (χ3n) is 4.30. The van der Waals surface area contributed by atoms with Crippen LogP contribution in [0.5, 0.6) is 5.75 Å². The topological polar surface area (TPSA) is 76.1 Å². The monoisotopic (exact) mass is 362 g/mol. The molecule has 0 unspecified atom stereocenters. The first-order valence-corrected chi connectivity index (χ1v) is 8.63. The number of nitrogens with one attached hydrogen (secondary N) is 2. The summed E-state index contributed by atoms with van der Waals surface area (Å²) >= 11 is 0. The molecule has 138 valence electrons. The van der Waals surface area contributed by atoms with Gasteiger partial charge in [-0.25, -0.2) is 9.97 Å². The van der Waals surface area contributed by atoms with E-state index in [1.807, 2.05) is 42.5 Å². The molecule has 2 N–H and O–H groups in total. The van der Waals surface area contributed by atoms with Crippen LogP contribution in [-0.2, 0) is 6.54 Å². The summed E-state index contributed by atoms with van der Waals surface area (Å²) < 4.78 is 5.28. The van der Waals surface area contributed by atoms with Crippen molar-refractivity contribution in [1.29, 1.82) is 0 Å². The Kier molecular flexibility index (Phi) is 5.66. The number of ether oxygens (including phenoxy) is 1. The minimum Gasteiger partial charge on any atom is -0.496 e. The van der Waals surface area contributed by atoms with Crippen molar-refractivity contribution in [3.05, 3.63) is 77.2 Å². The highest BCUT2D eigenvalue weighted by atomic mass is 16.5. The van der Waals surface area contributed by atoms with Crippen LogP contribution < -0.4 is 15.4 Å². The molecule has 0 aliphatic heterocycles. The summed E-state index contributed by atoms with van der Waals surface area (Å²) in [5.74, 6) is 1.03. The number of hydrogen-bond donors (Lipinski definition) is 2. The second-order valence-corrected chi connectivity index (χ2v) is 6.21. The summed E-state index contributed by atoms with van der Waals surface area (Å²) in [4.78, 5) is 20.8. The van der Waals surface area contributed by atoms with Crippen molar-refractivity contribution in [3.63, 3.8) is 0 Å². The highest BCUT2D eigenvalue weighted by Gasteiger charge is 2.10. The number of carbonyl (C=O) groups is 1. The Morgan fingerprint density at radius 3 is 2.56 bits per heavy atom. The number of benzene rings is 2. The minimum atomic E-state index is -0.286. The Labute approximate surface area is 158 Å². The second kappa shape index (κ2) is 8.31. The lowest BCUT2D eigenvalue weighted by Crippen LogP contribution is -2.24. The molecule has 0 fully saturated rings. The molecule has 6 nitrogen and oxygen atoms in total. The fraction of sp³-hybridized carbons (Fsp3) is 0.190. The highest BCUT2D eigenvalue weighted by Crippen LogP contribution is 2.18. The van der Waals surface area contributed by atoms with Gasteiger partial charge < -0.3 is 15.4 Å². The van der Waals surface area contributed by atoms with E-state index < -0.39 is 0 Å². The van der Waals surface area contributed by atoms with Gasteiger partial charge in [-0.05, 0) is 43.2 Å². The Morgan fingerprint density at radius 1 is 1.04 bits per heavy atom. The molecule has 2 aromatic carbocycles. The van der Waals surface area contributed by atoms with Gasteiger partial charge >= 0.3 is 0 Å². The third-order valence-corrected chi connectivity index (χ3v) is 4.30. The number of nitrogens with zero attached hydrogens (tertiary/aromatic N) is 2. The van der Waals surface area contributed by atoms with Crippen molar-refractivity contribution in [3.8, 4) is 5.75 Å². The van der Waals surface area contributed by atoms with Gasteiger partial charge in [0.25, 0.3) is 5.91 Å². The SMILES string of the molecule is COc1ccccc1CNC(=O)c1cnc(Nc2ccc(C)c(C)c2)cn1. The molecular formula is C21H22N4O2. The zero-order valence-corrected chi connectivity index (χ0v) is 15.6. The molecule has 0 spiro atoms. The molecule has 0 atom stereocenters. The van der Waals surface area contributed by atoms with E-state index in [9.17, 15) is 4.79 Å². The lowest BCUT2D eigenvalue weighted by Gasteiger charge is -2.10. The summed E-state index contributed by atoms with van der Waals surface area (Å²) in [5, 5.41) is 6.02. The molecule has 0 saturated heterocycles. The molecule has 0 saturated carbocycles. The van der Waals surface area contributed by atoms with E-state index in [0.29, 0.717) is 12.4 Å². The average molecular weight is 362 g/mol. The molecule has 0 bridgehead atoms. The Hall–Kier alpha value is -3.41. The maximum Gasteiger partial charge on any atom is 0.271 e. The van der Waals surface area contributed by atoms with Gasteiger partial charge in [0, 0.05) is 17.8 Å². The molecule has 6 heteroatoms. The van der Waals surface area contributed by atoms with E-state index in [1.165, 1.54) is 17.3 Å². The molecule has 1 amide bonds. The Bertz CT molecular complexity index is 939. The van der Waals surface area contributed by atoms with Gasteiger partial charge in [0.2, 0.25) is 0 Å². The van der Waals surface area contributed by atoms with Gasteiger partial charge in [-0.3, -0.25) is 4.79 Å². The second-order valence-electron chi connectivity index (χ2n) is 6.21. The van der Waals surface area contributed by atoms with Crippen molar-refractivity contribution in [2.75, 3.05) is 12.4 Å². The standard InChI is InChI=1S/C21H22N4O2/c1-14-8-9-17(10-15(14)2)25-20-13-22-18(12-23-20)21(26)24-11-16-6-4-5-7-19(16)27-3/h4-10,12-13H,11H2,1-3H3,(H,23,25)(H,24,26). The van der Waals surface area contributed by atoms with Crippen LogP contribution in [0.15, 0.2) is 54.9 Å². The van der Waals surface area contributed by atoms with Crippen molar-refractivity contribution >= 4 is 17.4 Å². The summed E-state index contributed by atoms with van der Waals surface area (Å²) in [7, 11) is 1.60. The van der Waals surface area contributed by atoms with Gasteiger partial charge in [0.05, 0.1) is 19.5 Å². The van der Waals surface area contributed by atoms with Gasteiger partial charge in [-0.2, -0.15) is 0 Å². The normalized spacial score (nSPS) is 10.3. The van der Waals surface area contributed by atoms with E-state index in [4.69, 9.17) is 4.74 Å². The third kappa shape index (κ3) is 4.61. The molecule has 0 aliphatic rings. The zero-order chi connectivity index (χ0) is 19.2. The number of hydrogen-bond acceptors (Lipinski definition) is 5. The molecule has 1 aromatic heterocycles. The molecule has 0 aliphatic carbocycles. The first-order chi connectivity index (χ1) is 13.1. The van der Waals surface area contributed by atoms with Gasteiger partial charge in [-0.1, -0.05) is 24.3 Å². The van der Waals surface area contributed by atoms with Crippen LogP contribution in [0.1, 0.15) is 27.2 Å². The fourth-order valence-electron chi connectivity index (χ4n) is 2.59. The first-order valence-electron chi connectivity index (χ1n) is 8.63. The van der Waals surface area contributed by atoms with Crippen molar-refractivity contribution in [2.45, 2.75) is 20.4 Å². The van der Waals surface area contributed by atoms with Crippen LogP contribution in [0.2, 0.25) is 0 Å². The number of carbonyl (C=O) groups excluding carboxylic acids is 1. The van der Waals surface area contributed by atoms with Gasteiger partial charge in [0.15, 0.2) is 0 Å². The summed E-state index contributed by atoms with van der Waals surface area (Å²) in [6, 6.07) is 13.6. The number of para-hydroxylation sites is 1. The highest BCUT2D eigenvalue weighted by molar-refractivity contribution is 5.92. The van der Waals surface area contributed by atoms with Crippen molar-refractivity contribution < 1.29 is 9.53 Å². The number of aromatic nitrogens is 2. The zero-order valence-electron chi connectivity index (χ0n) is 15.6. The molecule has 27 heavy (non-hydrogen) atoms. The molecule has 0 radical (unpaired) electrons. The molecule has 3 aromatic rings. The maximum absolute atomic E-state index is 12.3. The van der Waals surface area contributed by atoms with E-state index in [0.717, 1.165) is 17.0 Å². The molecule has 1 heterocycles. The number of amides is 1. The largest absolute Gasteiger partial charge is 0.496 e. The number of methoxy groups -OCH3 is 1. The van der Waals surface area contributed by atoms with E-state index >= 15 is 0 Å². The van der Waals surface area contributed by atoms with Crippen molar-refractivity contribution in [2.24, 2.45) is 0 Å². The predicted octanol–water partition coefficient (Wildman–Crippen LogP) is 3.78. The summed E-state index contributed by atoms with van der Waals surface area (Å²) in [6.07, 6.45) is 3.01. The van der Waals surface area contributed by atoms with Crippen LogP contribution in [0.25, 0.3) is 0 Å². The van der Waals surface area contributed by atoms with Crippen molar-refractivity contribution in [1.82, 2.24) is 15.3 Å². The predicted molar refractivity (Wildman–Crippen MR) is 105 cm³/mol. The number of rotatable bonds is 6. The van der Waals surface area contributed by atoms with Gasteiger partial charge in [0.1, 0.15) is 17.3 Å². The fourth-order valence-corrected chi connectivity index (χ4v) is 2.59. The molecule has 3 rings (SSSR count). The Morgan fingerprint density at radius 2 is 1.85 bits per heavy atom. The number of aryl methyl sites for hydroxylation is 2. The first kappa shape index (κ1) is 18.4. The summed E-state index contributed by atoms with van der Waals surface area (Å²) in [5.41, 5.74) is 4.51. The average Bonchev–Trinajstić information content (AvgIpc) is 2.69.